The number of rotatable bonds is 9. The van der Waals surface area contributed by atoms with E-state index in [1.807, 2.05) is 0 Å². The molecular formula is C8H20Cl4N2. The van der Waals surface area contributed by atoms with Crippen molar-refractivity contribution in [2.45, 2.75) is 12.8 Å². The van der Waals surface area contributed by atoms with Gasteiger partial charge in [0.2, 0.25) is 0 Å². The summed E-state index contributed by atoms with van der Waals surface area (Å²) in [4.78, 5) is 0. The Bertz CT molecular complexity index is 75.7. The van der Waals surface area contributed by atoms with Crippen LogP contribution in [0.1, 0.15) is 12.8 Å². The molecule has 0 spiro atoms. The maximum atomic E-state index is 5.49. The number of hydrogen-bond acceptors (Lipinski definition) is 2. The zero-order chi connectivity index (χ0) is 9.07. The SMILES string of the molecule is Cl.Cl.ClCCNCCCCNCCCl. The second-order valence-electron chi connectivity index (χ2n) is 2.59. The second-order valence-corrected chi connectivity index (χ2v) is 3.34. The minimum absolute atomic E-state index is 0. The van der Waals surface area contributed by atoms with E-state index in [1.54, 1.807) is 0 Å². The van der Waals surface area contributed by atoms with Gasteiger partial charge in [0.15, 0.2) is 0 Å². The molecule has 0 unspecified atom stereocenters. The Labute approximate surface area is 109 Å². The third-order valence-corrected chi connectivity index (χ3v) is 1.88. The van der Waals surface area contributed by atoms with Gasteiger partial charge in [0.25, 0.3) is 0 Å². The largest absolute Gasteiger partial charge is 0.316 e. The van der Waals surface area contributed by atoms with Gasteiger partial charge in [0, 0.05) is 24.8 Å². The van der Waals surface area contributed by atoms with E-state index in [2.05, 4.69) is 10.6 Å². The van der Waals surface area contributed by atoms with Crippen LogP contribution in [0.2, 0.25) is 0 Å². The minimum atomic E-state index is 0. The van der Waals surface area contributed by atoms with Crippen LogP contribution in [0, 0.1) is 0 Å². The van der Waals surface area contributed by atoms with E-state index in [4.69, 9.17) is 23.2 Å². The molecule has 0 aliphatic heterocycles. The van der Waals surface area contributed by atoms with Crippen LogP contribution in [0.3, 0.4) is 0 Å². The highest BCUT2D eigenvalue weighted by Crippen LogP contribution is 1.84. The topological polar surface area (TPSA) is 24.1 Å². The van der Waals surface area contributed by atoms with Crippen LogP contribution in [0.5, 0.6) is 0 Å². The summed E-state index contributed by atoms with van der Waals surface area (Å²) in [5.41, 5.74) is 0. The quantitative estimate of drug-likeness (QED) is 0.502. The molecule has 0 heterocycles. The summed E-state index contributed by atoms with van der Waals surface area (Å²) in [5.74, 6) is 1.40. The van der Waals surface area contributed by atoms with Gasteiger partial charge in [-0.2, -0.15) is 0 Å². The molecule has 0 saturated heterocycles. The number of unbranched alkanes of at least 4 members (excludes halogenated alkanes) is 1. The van der Waals surface area contributed by atoms with Crippen LogP contribution in [0.25, 0.3) is 0 Å². The van der Waals surface area contributed by atoms with Gasteiger partial charge in [0.05, 0.1) is 0 Å². The number of hydrogen-bond donors (Lipinski definition) is 2. The molecule has 0 saturated carbocycles. The monoisotopic (exact) mass is 284 g/mol. The predicted molar refractivity (Wildman–Crippen MR) is 70.9 cm³/mol. The molecule has 2 nitrogen and oxygen atoms in total. The maximum absolute atomic E-state index is 5.49. The van der Waals surface area contributed by atoms with Crippen molar-refractivity contribution in [2.24, 2.45) is 0 Å². The summed E-state index contributed by atoms with van der Waals surface area (Å²) >= 11 is 11.0. The first-order valence-electron chi connectivity index (χ1n) is 4.45. The summed E-state index contributed by atoms with van der Waals surface area (Å²) in [6, 6.07) is 0. The average molecular weight is 286 g/mol. The Hall–Kier alpha value is 1.08. The van der Waals surface area contributed by atoms with E-state index in [0.717, 1.165) is 26.2 Å². The molecule has 2 N–H and O–H groups in total. The minimum Gasteiger partial charge on any atom is -0.316 e. The van der Waals surface area contributed by atoms with Crippen molar-refractivity contribution in [3.8, 4) is 0 Å². The van der Waals surface area contributed by atoms with Crippen molar-refractivity contribution in [2.75, 3.05) is 37.9 Å². The van der Waals surface area contributed by atoms with E-state index >= 15 is 0 Å². The van der Waals surface area contributed by atoms with Crippen LogP contribution in [0.15, 0.2) is 0 Å². The summed E-state index contributed by atoms with van der Waals surface area (Å²) in [7, 11) is 0. The molecule has 0 aromatic rings. The predicted octanol–water partition coefficient (Wildman–Crippen LogP) is 2.27. The lowest BCUT2D eigenvalue weighted by atomic mass is 10.3. The normalized spacial score (nSPS) is 9.00. The molecule has 0 aliphatic rings. The average Bonchev–Trinajstić information content (AvgIpc) is 2.10. The zero-order valence-corrected chi connectivity index (χ0v) is 11.4. The third-order valence-electron chi connectivity index (χ3n) is 1.50. The highest BCUT2D eigenvalue weighted by molar-refractivity contribution is 6.18. The molecule has 0 amide bonds. The first-order chi connectivity index (χ1) is 5.91. The molecule has 0 aromatic carbocycles. The lowest BCUT2D eigenvalue weighted by Gasteiger charge is -2.03. The van der Waals surface area contributed by atoms with Crippen molar-refractivity contribution in [3.63, 3.8) is 0 Å². The Balaban J connectivity index is -0.000000605. The van der Waals surface area contributed by atoms with E-state index in [9.17, 15) is 0 Å². The van der Waals surface area contributed by atoms with Crippen LogP contribution < -0.4 is 10.6 Å². The Kier molecular flexibility index (Phi) is 28.7. The zero-order valence-electron chi connectivity index (χ0n) is 8.23. The lowest BCUT2D eigenvalue weighted by molar-refractivity contribution is 0.603. The van der Waals surface area contributed by atoms with Crippen LogP contribution in [-0.4, -0.2) is 37.9 Å². The third kappa shape index (κ3) is 18.8. The van der Waals surface area contributed by atoms with Crippen molar-refractivity contribution in [3.05, 3.63) is 0 Å². The fourth-order valence-corrected chi connectivity index (χ4v) is 1.15. The molecule has 6 heteroatoms. The summed E-state index contributed by atoms with van der Waals surface area (Å²) in [6.45, 7) is 3.96. The smallest absolute Gasteiger partial charge is 0.0348 e. The van der Waals surface area contributed by atoms with Crippen molar-refractivity contribution >= 4 is 48.0 Å². The molecule has 0 bridgehead atoms. The fourth-order valence-electron chi connectivity index (χ4n) is 0.884. The summed E-state index contributed by atoms with van der Waals surface area (Å²) in [5, 5.41) is 6.48. The molecule has 90 valence electrons. The fraction of sp³-hybridized carbons (Fsp3) is 1.00. The molecule has 0 radical (unpaired) electrons. The van der Waals surface area contributed by atoms with E-state index < -0.39 is 0 Å². The van der Waals surface area contributed by atoms with Gasteiger partial charge in [-0.3, -0.25) is 0 Å². The Morgan fingerprint density at radius 3 is 1.29 bits per heavy atom. The van der Waals surface area contributed by atoms with Crippen molar-refractivity contribution < 1.29 is 0 Å². The van der Waals surface area contributed by atoms with Crippen LogP contribution >= 0.6 is 48.0 Å². The van der Waals surface area contributed by atoms with Gasteiger partial charge in [-0.15, -0.1) is 48.0 Å². The number of nitrogens with one attached hydrogen (secondary N) is 2. The van der Waals surface area contributed by atoms with Gasteiger partial charge in [-0.1, -0.05) is 0 Å². The summed E-state index contributed by atoms with van der Waals surface area (Å²) in [6.07, 6.45) is 2.40. The van der Waals surface area contributed by atoms with Gasteiger partial charge >= 0.3 is 0 Å². The molecule has 0 rings (SSSR count). The van der Waals surface area contributed by atoms with Crippen molar-refractivity contribution in [1.82, 2.24) is 10.6 Å². The first-order valence-corrected chi connectivity index (χ1v) is 5.52. The molecule has 0 atom stereocenters. The molecule has 0 fully saturated rings. The molecule has 0 aromatic heterocycles. The molecular weight excluding hydrogens is 266 g/mol. The van der Waals surface area contributed by atoms with E-state index in [-0.39, 0.29) is 24.8 Å². The Morgan fingerprint density at radius 2 is 1.00 bits per heavy atom. The lowest BCUT2D eigenvalue weighted by Crippen LogP contribution is -2.21. The van der Waals surface area contributed by atoms with Gasteiger partial charge in [0.1, 0.15) is 0 Å². The second kappa shape index (κ2) is 19.6. The van der Waals surface area contributed by atoms with E-state index in [0.29, 0.717) is 11.8 Å². The number of alkyl halides is 2. The van der Waals surface area contributed by atoms with E-state index in [1.165, 1.54) is 12.8 Å². The van der Waals surface area contributed by atoms with Crippen LogP contribution in [-0.2, 0) is 0 Å². The number of halogens is 4. The van der Waals surface area contributed by atoms with Crippen molar-refractivity contribution in [1.29, 1.82) is 0 Å². The van der Waals surface area contributed by atoms with Crippen LogP contribution in [0.4, 0.5) is 0 Å². The first kappa shape index (κ1) is 20.5. The van der Waals surface area contributed by atoms with Gasteiger partial charge in [-0.05, 0) is 25.9 Å². The Morgan fingerprint density at radius 1 is 0.643 bits per heavy atom. The highest BCUT2D eigenvalue weighted by Gasteiger charge is 1.88. The molecule has 0 aliphatic carbocycles. The van der Waals surface area contributed by atoms with Gasteiger partial charge < -0.3 is 10.6 Å². The van der Waals surface area contributed by atoms with Gasteiger partial charge in [-0.25, -0.2) is 0 Å². The summed E-state index contributed by atoms with van der Waals surface area (Å²) < 4.78 is 0. The molecule has 14 heavy (non-hydrogen) atoms. The highest BCUT2D eigenvalue weighted by atomic mass is 35.5. The standard InChI is InChI=1S/C8H18Cl2N2.2ClH/c9-3-7-11-5-1-2-6-12-8-4-10;;/h11-12H,1-8H2;2*1H. The maximum Gasteiger partial charge on any atom is 0.0348 e.